The lowest BCUT2D eigenvalue weighted by atomic mass is 10.1. The van der Waals surface area contributed by atoms with E-state index in [4.69, 9.17) is 9.47 Å². The van der Waals surface area contributed by atoms with E-state index in [0.717, 1.165) is 22.2 Å². The van der Waals surface area contributed by atoms with Gasteiger partial charge in [0, 0.05) is 30.7 Å². The molecule has 27 heavy (non-hydrogen) atoms. The zero-order chi connectivity index (χ0) is 19.6. The monoisotopic (exact) mass is 388 g/mol. The second-order valence-electron chi connectivity index (χ2n) is 6.61. The summed E-state index contributed by atoms with van der Waals surface area (Å²) in [6.45, 7) is 4.04. The van der Waals surface area contributed by atoms with Crippen molar-refractivity contribution in [1.82, 2.24) is 9.29 Å². The SMILES string of the molecule is COc1ccc2c(c1)c(CNS(=O)(=O)c1ccc(OC(C)C)cc1)cn2C. The molecule has 0 fully saturated rings. The maximum absolute atomic E-state index is 12.6. The van der Waals surface area contributed by atoms with Gasteiger partial charge in [0.1, 0.15) is 11.5 Å². The van der Waals surface area contributed by atoms with E-state index in [1.165, 1.54) is 0 Å². The number of aromatic nitrogens is 1. The van der Waals surface area contributed by atoms with E-state index in [1.54, 1.807) is 31.4 Å². The molecule has 3 rings (SSSR count). The van der Waals surface area contributed by atoms with Gasteiger partial charge in [-0.25, -0.2) is 13.1 Å². The standard InChI is InChI=1S/C20H24N2O4S/c1-14(2)26-16-5-8-18(9-6-16)27(23,24)21-12-15-13-22(3)20-10-7-17(25-4)11-19(15)20/h5-11,13-14,21H,12H2,1-4H3. The molecule has 6 nitrogen and oxygen atoms in total. The second-order valence-corrected chi connectivity index (χ2v) is 8.38. The first-order chi connectivity index (χ1) is 12.8. The Morgan fingerprint density at radius 2 is 1.74 bits per heavy atom. The van der Waals surface area contributed by atoms with E-state index in [0.29, 0.717) is 5.75 Å². The third kappa shape index (κ3) is 4.26. The molecule has 0 aliphatic rings. The predicted octanol–water partition coefficient (Wildman–Crippen LogP) is 3.45. The Morgan fingerprint density at radius 3 is 2.37 bits per heavy atom. The van der Waals surface area contributed by atoms with Gasteiger partial charge in [-0.1, -0.05) is 0 Å². The van der Waals surface area contributed by atoms with E-state index in [1.807, 2.05) is 49.9 Å². The van der Waals surface area contributed by atoms with Crippen molar-refractivity contribution in [2.45, 2.75) is 31.4 Å². The molecule has 0 amide bonds. The molecule has 144 valence electrons. The maximum Gasteiger partial charge on any atom is 0.240 e. The molecule has 1 heterocycles. The van der Waals surface area contributed by atoms with E-state index >= 15 is 0 Å². The number of hydrogen-bond acceptors (Lipinski definition) is 4. The van der Waals surface area contributed by atoms with Crippen LogP contribution in [-0.2, 0) is 23.6 Å². The van der Waals surface area contributed by atoms with Crippen LogP contribution in [0.4, 0.5) is 0 Å². The van der Waals surface area contributed by atoms with Crippen LogP contribution < -0.4 is 14.2 Å². The van der Waals surface area contributed by atoms with Crippen molar-refractivity contribution < 1.29 is 17.9 Å². The lowest BCUT2D eigenvalue weighted by molar-refractivity contribution is 0.242. The highest BCUT2D eigenvalue weighted by molar-refractivity contribution is 7.89. The Hall–Kier alpha value is -2.51. The summed E-state index contributed by atoms with van der Waals surface area (Å²) in [7, 11) is -0.0838. The van der Waals surface area contributed by atoms with Crippen molar-refractivity contribution in [2.24, 2.45) is 7.05 Å². The van der Waals surface area contributed by atoms with Gasteiger partial charge in [-0.3, -0.25) is 0 Å². The summed E-state index contributed by atoms with van der Waals surface area (Å²) in [4.78, 5) is 0.205. The van der Waals surface area contributed by atoms with Crippen molar-refractivity contribution in [3.05, 3.63) is 54.2 Å². The highest BCUT2D eigenvalue weighted by Gasteiger charge is 2.16. The van der Waals surface area contributed by atoms with Crippen LogP contribution in [0.25, 0.3) is 10.9 Å². The molecule has 3 aromatic rings. The summed E-state index contributed by atoms with van der Waals surface area (Å²) in [5, 5.41) is 0.959. The molecule has 0 aliphatic heterocycles. The fourth-order valence-electron chi connectivity index (χ4n) is 2.95. The number of fused-ring (bicyclic) bond motifs is 1. The van der Waals surface area contributed by atoms with Gasteiger partial charge in [0.15, 0.2) is 0 Å². The van der Waals surface area contributed by atoms with E-state index < -0.39 is 10.0 Å². The average molecular weight is 388 g/mol. The number of nitrogens with one attached hydrogen (secondary N) is 1. The van der Waals surface area contributed by atoms with Crippen LogP contribution in [0, 0.1) is 0 Å². The molecule has 7 heteroatoms. The largest absolute Gasteiger partial charge is 0.497 e. The molecular formula is C20H24N2O4S. The fourth-order valence-corrected chi connectivity index (χ4v) is 3.95. The van der Waals surface area contributed by atoms with Crippen LogP contribution in [0.2, 0.25) is 0 Å². The first-order valence-electron chi connectivity index (χ1n) is 8.68. The molecule has 0 atom stereocenters. The normalized spacial score (nSPS) is 11.9. The fraction of sp³-hybridized carbons (Fsp3) is 0.300. The lowest BCUT2D eigenvalue weighted by Crippen LogP contribution is -2.23. The van der Waals surface area contributed by atoms with E-state index in [2.05, 4.69) is 4.72 Å². The molecule has 0 radical (unpaired) electrons. The summed E-state index contributed by atoms with van der Waals surface area (Å²) in [6, 6.07) is 12.2. The first kappa shape index (κ1) is 19.3. The first-order valence-corrected chi connectivity index (χ1v) is 10.2. The Morgan fingerprint density at radius 1 is 1.07 bits per heavy atom. The number of aryl methyl sites for hydroxylation is 1. The second kappa shape index (κ2) is 7.62. The van der Waals surface area contributed by atoms with Gasteiger partial charge in [0.25, 0.3) is 0 Å². The number of hydrogen-bond donors (Lipinski definition) is 1. The van der Waals surface area contributed by atoms with Crippen molar-refractivity contribution >= 4 is 20.9 Å². The lowest BCUT2D eigenvalue weighted by Gasteiger charge is -2.11. The molecule has 0 unspecified atom stereocenters. The number of sulfonamides is 1. The number of rotatable bonds is 7. The van der Waals surface area contributed by atoms with Crippen LogP contribution in [0.1, 0.15) is 19.4 Å². The van der Waals surface area contributed by atoms with Gasteiger partial charge in [0.05, 0.1) is 18.1 Å². The Balaban J connectivity index is 1.80. The molecule has 0 spiro atoms. The van der Waals surface area contributed by atoms with Crippen LogP contribution >= 0.6 is 0 Å². The van der Waals surface area contributed by atoms with Crippen LogP contribution in [0.5, 0.6) is 11.5 Å². The van der Waals surface area contributed by atoms with Gasteiger partial charge < -0.3 is 14.0 Å². The summed E-state index contributed by atoms with van der Waals surface area (Å²) < 4.78 is 40.7. The summed E-state index contributed by atoms with van der Waals surface area (Å²) >= 11 is 0. The van der Waals surface area contributed by atoms with Crippen molar-refractivity contribution in [2.75, 3.05) is 7.11 Å². The third-order valence-electron chi connectivity index (χ3n) is 4.24. The Labute approximate surface area is 159 Å². The van der Waals surface area contributed by atoms with Gasteiger partial charge in [-0.2, -0.15) is 0 Å². The molecule has 1 N–H and O–H groups in total. The zero-order valence-electron chi connectivity index (χ0n) is 15.9. The highest BCUT2D eigenvalue weighted by Crippen LogP contribution is 2.26. The van der Waals surface area contributed by atoms with Crippen molar-refractivity contribution in [3.63, 3.8) is 0 Å². The minimum absolute atomic E-state index is 0.0361. The van der Waals surface area contributed by atoms with Gasteiger partial charge >= 0.3 is 0 Å². The topological polar surface area (TPSA) is 69.6 Å². The molecule has 1 aromatic heterocycles. The number of methoxy groups -OCH3 is 1. The molecule has 0 aliphatic carbocycles. The predicted molar refractivity (Wildman–Crippen MR) is 106 cm³/mol. The average Bonchev–Trinajstić information content (AvgIpc) is 2.95. The molecule has 0 saturated heterocycles. The van der Waals surface area contributed by atoms with Crippen molar-refractivity contribution in [1.29, 1.82) is 0 Å². The van der Waals surface area contributed by atoms with Gasteiger partial charge in [-0.05, 0) is 61.9 Å². The Bertz CT molecular complexity index is 1040. The summed E-state index contributed by atoms with van der Waals surface area (Å²) in [5.41, 5.74) is 1.90. The third-order valence-corrected chi connectivity index (χ3v) is 5.65. The van der Waals surface area contributed by atoms with Crippen LogP contribution in [-0.4, -0.2) is 26.2 Å². The smallest absolute Gasteiger partial charge is 0.240 e. The Kier molecular flexibility index (Phi) is 5.43. The highest BCUT2D eigenvalue weighted by atomic mass is 32.2. The quantitative estimate of drug-likeness (QED) is 0.673. The van der Waals surface area contributed by atoms with Crippen LogP contribution in [0.15, 0.2) is 53.6 Å². The minimum Gasteiger partial charge on any atom is -0.497 e. The van der Waals surface area contributed by atoms with E-state index in [9.17, 15) is 8.42 Å². The van der Waals surface area contributed by atoms with Crippen molar-refractivity contribution in [3.8, 4) is 11.5 Å². The zero-order valence-corrected chi connectivity index (χ0v) is 16.7. The van der Waals surface area contributed by atoms with Gasteiger partial charge in [0.2, 0.25) is 10.0 Å². The van der Waals surface area contributed by atoms with Gasteiger partial charge in [-0.15, -0.1) is 0 Å². The van der Waals surface area contributed by atoms with Crippen LogP contribution in [0.3, 0.4) is 0 Å². The molecule has 0 bridgehead atoms. The summed E-state index contributed by atoms with van der Waals surface area (Å²) in [5.74, 6) is 1.38. The minimum atomic E-state index is -3.62. The number of ether oxygens (including phenoxy) is 2. The number of nitrogens with zero attached hydrogens (tertiary/aromatic N) is 1. The molecule has 0 saturated carbocycles. The maximum atomic E-state index is 12.6. The molecular weight excluding hydrogens is 364 g/mol. The molecule has 2 aromatic carbocycles. The number of benzene rings is 2. The van der Waals surface area contributed by atoms with E-state index in [-0.39, 0.29) is 17.5 Å². The summed E-state index contributed by atoms with van der Waals surface area (Å²) in [6.07, 6.45) is 1.96.